The van der Waals surface area contributed by atoms with Crippen molar-refractivity contribution in [2.45, 2.75) is 6.18 Å². The van der Waals surface area contributed by atoms with Crippen LogP contribution in [0.3, 0.4) is 0 Å². The maximum Gasteiger partial charge on any atom is 0.431 e. The second-order valence-corrected chi connectivity index (χ2v) is 5.63. The Morgan fingerprint density at radius 1 is 1.09 bits per heavy atom. The summed E-state index contributed by atoms with van der Waals surface area (Å²) in [6, 6.07) is 7.12. The first-order valence-electron chi connectivity index (χ1n) is 6.39. The molecule has 0 unspecified atom stereocenters. The minimum atomic E-state index is -4.54. The van der Waals surface area contributed by atoms with Gasteiger partial charge in [0.15, 0.2) is 5.13 Å². The molecule has 0 aliphatic heterocycles. The molecule has 8 heteroatoms. The Bertz CT molecular complexity index is 848. The van der Waals surface area contributed by atoms with E-state index in [0.29, 0.717) is 5.56 Å². The average Bonchev–Trinajstić information content (AvgIpc) is 3.14. The SMILES string of the molecule is Fc1ccc(/C=C/c2ccnc(-c3cc(C(F)(F)F)n[n-]3)c2)s1. The number of aromatic nitrogens is 3. The Hall–Kier alpha value is -2.48. The summed E-state index contributed by atoms with van der Waals surface area (Å²) >= 11 is 0.997. The van der Waals surface area contributed by atoms with Crippen molar-refractivity contribution in [1.82, 2.24) is 15.2 Å². The molecule has 118 valence electrons. The van der Waals surface area contributed by atoms with Crippen LogP contribution in [-0.4, -0.2) is 10.1 Å². The number of pyridine rings is 1. The lowest BCUT2D eigenvalue weighted by molar-refractivity contribution is -0.141. The van der Waals surface area contributed by atoms with Gasteiger partial charge in [0.25, 0.3) is 0 Å². The van der Waals surface area contributed by atoms with E-state index in [0.717, 1.165) is 22.3 Å². The van der Waals surface area contributed by atoms with Crippen LogP contribution in [0, 0.1) is 5.13 Å². The zero-order valence-corrected chi connectivity index (χ0v) is 12.2. The predicted molar refractivity (Wildman–Crippen MR) is 79.0 cm³/mol. The molecule has 3 aromatic heterocycles. The number of alkyl halides is 3. The molecule has 0 saturated carbocycles. The van der Waals surface area contributed by atoms with Crippen LogP contribution in [0.4, 0.5) is 17.6 Å². The third kappa shape index (κ3) is 3.65. The van der Waals surface area contributed by atoms with Crippen molar-refractivity contribution in [2.75, 3.05) is 0 Å². The van der Waals surface area contributed by atoms with Gasteiger partial charge in [0.1, 0.15) is 5.69 Å². The molecular weight excluding hydrogens is 330 g/mol. The summed E-state index contributed by atoms with van der Waals surface area (Å²) in [5, 5.41) is 6.34. The molecule has 0 N–H and O–H groups in total. The van der Waals surface area contributed by atoms with E-state index in [1.807, 2.05) is 0 Å². The summed E-state index contributed by atoms with van der Waals surface area (Å²) in [5.74, 6) is 0. The van der Waals surface area contributed by atoms with Gasteiger partial charge in [-0.05, 0) is 42.0 Å². The van der Waals surface area contributed by atoms with Crippen LogP contribution in [0.25, 0.3) is 23.5 Å². The van der Waals surface area contributed by atoms with E-state index in [-0.39, 0.29) is 16.5 Å². The Labute approximate surface area is 132 Å². The highest BCUT2D eigenvalue weighted by atomic mass is 32.1. The molecule has 3 aromatic rings. The van der Waals surface area contributed by atoms with Crippen molar-refractivity contribution in [2.24, 2.45) is 0 Å². The topological polar surface area (TPSA) is 39.9 Å². The summed E-state index contributed by atoms with van der Waals surface area (Å²) in [4.78, 5) is 4.73. The fourth-order valence-corrected chi connectivity index (χ4v) is 2.48. The number of thiophene rings is 1. The molecule has 0 radical (unpaired) electrons. The first-order chi connectivity index (χ1) is 10.9. The summed E-state index contributed by atoms with van der Waals surface area (Å²) in [6.07, 6.45) is 0.361. The number of nitrogens with zero attached hydrogens (tertiary/aromatic N) is 3. The summed E-state index contributed by atoms with van der Waals surface area (Å²) in [7, 11) is 0. The minimum Gasteiger partial charge on any atom is -0.573 e. The van der Waals surface area contributed by atoms with E-state index >= 15 is 0 Å². The largest absolute Gasteiger partial charge is 0.573 e. The van der Waals surface area contributed by atoms with Gasteiger partial charge in [0.05, 0.1) is 0 Å². The van der Waals surface area contributed by atoms with Gasteiger partial charge < -0.3 is 10.2 Å². The highest BCUT2D eigenvalue weighted by Crippen LogP contribution is 2.29. The van der Waals surface area contributed by atoms with E-state index in [4.69, 9.17) is 0 Å². The molecule has 0 spiro atoms. The highest BCUT2D eigenvalue weighted by Gasteiger charge is 2.31. The van der Waals surface area contributed by atoms with Gasteiger partial charge >= 0.3 is 6.18 Å². The molecule has 0 fully saturated rings. The maximum atomic E-state index is 12.9. The van der Waals surface area contributed by atoms with Crippen LogP contribution in [0.15, 0.2) is 36.5 Å². The predicted octanol–water partition coefficient (Wildman–Crippen LogP) is 4.49. The van der Waals surface area contributed by atoms with Gasteiger partial charge in [-0.25, -0.2) is 0 Å². The van der Waals surface area contributed by atoms with Gasteiger partial charge in [-0.15, -0.1) is 11.3 Å². The van der Waals surface area contributed by atoms with Gasteiger partial charge in [0, 0.05) is 16.8 Å². The Morgan fingerprint density at radius 2 is 1.91 bits per heavy atom. The lowest BCUT2D eigenvalue weighted by Crippen LogP contribution is -2.04. The molecule has 0 aliphatic carbocycles. The second-order valence-electron chi connectivity index (χ2n) is 4.56. The van der Waals surface area contributed by atoms with Crippen LogP contribution < -0.4 is 5.10 Å². The standard InChI is InChI=1S/C15H8F4N3S/c16-14-4-3-10(23-14)2-1-9-5-6-20-11(7-9)12-8-13(22-21-12)15(17,18)19/h1-8H/q-1/b2-1+. The highest BCUT2D eigenvalue weighted by molar-refractivity contribution is 7.11. The van der Waals surface area contributed by atoms with Crippen molar-refractivity contribution in [3.05, 3.63) is 57.8 Å². The molecule has 0 aromatic carbocycles. The van der Waals surface area contributed by atoms with Gasteiger partial charge in [-0.1, -0.05) is 11.8 Å². The third-order valence-corrected chi connectivity index (χ3v) is 3.75. The average molecular weight is 338 g/mol. The van der Waals surface area contributed by atoms with E-state index in [9.17, 15) is 17.6 Å². The number of halogens is 4. The Morgan fingerprint density at radius 3 is 2.57 bits per heavy atom. The summed E-state index contributed by atoms with van der Waals surface area (Å²) in [6.45, 7) is 0. The van der Waals surface area contributed by atoms with E-state index < -0.39 is 11.9 Å². The number of hydrogen-bond acceptors (Lipinski definition) is 3. The van der Waals surface area contributed by atoms with Crippen molar-refractivity contribution in [1.29, 1.82) is 0 Å². The van der Waals surface area contributed by atoms with Crippen molar-refractivity contribution < 1.29 is 17.6 Å². The van der Waals surface area contributed by atoms with Crippen LogP contribution in [0.2, 0.25) is 0 Å². The van der Waals surface area contributed by atoms with Crippen molar-refractivity contribution >= 4 is 23.5 Å². The molecule has 0 saturated heterocycles. The molecule has 0 amide bonds. The normalized spacial score (nSPS) is 12.2. The monoisotopic (exact) mass is 338 g/mol. The van der Waals surface area contributed by atoms with Crippen LogP contribution in [0.5, 0.6) is 0 Å². The number of hydrogen-bond donors (Lipinski definition) is 0. The summed E-state index contributed by atoms with van der Waals surface area (Å²) in [5.41, 5.74) is -0.00748. The third-order valence-electron chi connectivity index (χ3n) is 2.91. The van der Waals surface area contributed by atoms with Gasteiger partial charge in [-0.2, -0.15) is 17.6 Å². The van der Waals surface area contributed by atoms with Crippen LogP contribution >= 0.6 is 11.3 Å². The fourth-order valence-electron chi connectivity index (χ4n) is 1.85. The zero-order valence-electron chi connectivity index (χ0n) is 11.4. The van der Waals surface area contributed by atoms with Crippen LogP contribution in [-0.2, 0) is 6.18 Å². The van der Waals surface area contributed by atoms with E-state index in [1.54, 1.807) is 30.4 Å². The second kappa shape index (κ2) is 5.96. The van der Waals surface area contributed by atoms with Gasteiger partial charge in [-0.3, -0.25) is 4.98 Å². The first-order valence-corrected chi connectivity index (χ1v) is 7.21. The molecule has 0 bridgehead atoms. The van der Waals surface area contributed by atoms with E-state index in [1.165, 1.54) is 12.3 Å². The van der Waals surface area contributed by atoms with E-state index in [2.05, 4.69) is 15.2 Å². The maximum absolute atomic E-state index is 12.9. The van der Waals surface area contributed by atoms with Crippen molar-refractivity contribution in [3.8, 4) is 11.4 Å². The number of rotatable bonds is 3. The molecule has 0 atom stereocenters. The molecule has 23 heavy (non-hydrogen) atoms. The quantitative estimate of drug-likeness (QED) is 0.661. The first kappa shape index (κ1) is 15.4. The Kier molecular flexibility index (Phi) is 3.99. The molecule has 3 rings (SSSR count). The fraction of sp³-hybridized carbons (Fsp3) is 0.0667. The molecule has 3 nitrogen and oxygen atoms in total. The molecule has 3 heterocycles. The molecular formula is C15H8F4N3S-. The Balaban J connectivity index is 1.85. The lowest BCUT2D eigenvalue weighted by atomic mass is 10.1. The molecule has 0 aliphatic rings. The van der Waals surface area contributed by atoms with Crippen LogP contribution in [0.1, 0.15) is 16.1 Å². The van der Waals surface area contributed by atoms with Gasteiger partial charge in [0.2, 0.25) is 0 Å². The zero-order chi connectivity index (χ0) is 16.4. The lowest BCUT2D eigenvalue weighted by Gasteiger charge is -2.04. The smallest absolute Gasteiger partial charge is 0.431 e. The summed E-state index contributed by atoms with van der Waals surface area (Å²) < 4.78 is 50.5. The minimum absolute atomic E-state index is 0.0507. The van der Waals surface area contributed by atoms with Crippen molar-refractivity contribution in [3.63, 3.8) is 0 Å².